The predicted molar refractivity (Wildman–Crippen MR) is 72.5 cm³/mol. The molecule has 0 aromatic rings. The van der Waals surface area contributed by atoms with E-state index in [0.29, 0.717) is 24.5 Å². The summed E-state index contributed by atoms with van der Waals surface area (Å²) in [4.78, 5) is 14.4. The number of amides is 1. The Morgan fingerprint density at radius 3 is 2.56 bits per heavy atom. The summed E-state index contributed by atoms with van der Waals surface area (Å²) in [5.41, 5.74) is 0. The first-order valence-corrected chi connectivity index (χ1v) is 7.72. The third kappa shape index (κ3) is 3.71. The molecule has 1 amide bonds. The van der Waals surface area contributed by atoms with E-state index in [2.05, 4.69) is 11.8 Å². The van der Waals surface area contributed by atoms with E-state index in [1.165, 1.54) is 38.5 Å². The normalized spacial score (nSPS) is 25.3. The van der Waals surface area contributed by atoms with Gasteiger partial charge in [0.05, 0.1) is 6.10 Å². The first-order valence-electron chi connectivity index (χ1n) is 7.72. The molecule has 2 fully saturated rings. The minimum absolute atomic E-state index is 0.346. The average molecular weight is 253 g/mol. The summed E-state index contributed by atoms with van der Waals surface area (Å²) in [6, 6.07) is 0.515. The summed E-state index contributed by atoms with van der Waals surface area (Å²) in [5.74, 6) is 0.347. The monoisotopic (exact) mass is 253 g/mol. The fraction of sp³-hybridized carbons (Fsp3) is 0.933. The number of ether oxygens (including phenoxy) is 1. The van der Waals surface area contributed by atoms with Gasteiger partial charge in [-0.3, -0.25) is 4.79 Å². The van der Waals surface area contributed by atoms with Crippen LogP contribution in [0.3, 0.4) is 0 Å². The predicted octanol–water partition coefficient (Wildman–Crippen LogP) is 3.13. The zero-order valence-electron chi connectivity index (χ0n) is 11.7. The molecule has 0 bridgehead atoms. The summed E-state index contributed by atoms with van der Waals surface area (Å²) in [5, 5.41) is 0. The molecule has 0 N–H and O–H groups in total. The maximum Gasteiger partial charge on any atom is 0.222 e. The van der Waals surface area contributed by atoms with Crippen LogP contribution >= 0.6 is 0 Å². The number of carbonyl (C=O) groups is 1. The molecule has 18 heavy (non-hydrogen) atoms. The first-order chi connectivity index (χ1) is 8.81. The van der Waals surface area contributed by atoms with Gasteiger partial charge < -0.3 is 9.64 Å². The van der Waals surface area contributed by atoms with E-state index < -0.39 is 0 Å². The van der Waals surface area contributed by atoms with Crippen LogP contribution in [0.4, 0.5) is 0 Å². The van der Waals surface area contributed by atoms with Gasteiger partial charge in [-0.05, 0) is 39.0 Å². The number of carbonyl (C=O) groups excluding carboxylic acids is 1. The smallest absolute Gasteiger partial charge is 0.222 e. The maximum atomic E-state index is 12.3. The Morgan fingerprint density at radius 1 is 1.17 bits per heavy atom. The van der Waals surface area contributed by atoms with E-state index in [9.17, 15) is 4.79 Å². The highest BCUT2D eigenvalue weighted by atomic mass is 16.5. The van der Waals surface area contributed by atoms with Crippen molar-refractivity contribution in [2.24, 2.45) is 0 Å². The van der Waals surface area contributed by atoms with Crippen LogP contribution in [-0.4, -0.2) is 36.1 Å². The van der Waals surface area contributed by atoms with Crippen molar-refractivity contribution >= 4 is 5.91 Å². The summed E-state index contributed by atoms with van der Waals surface area (Å²) in [6.45, 7) is 3.87. The van der Waals surface area contributed by atoms with Gasteiger partial charge in [0.1, 0.15) is 0 Å². The van der Waals surface area contributed by atoms with Gasteiger partial charge in [-0.1, -0.05) is 19.3 Å². The van der Waals surface area contributed by atoms with Gasteiger partial charge in [-0.25, -0.2) is 0 Å². The molecular formula is C15H27NO2. The van der Waals surface area contributed by atoms with Crippen LogP contribution in [0, 0.1) is 0 Å². The van der Waals surface area contributed by atoms with Gasteiger partial charge in [0, 0.05) is 25.6 Å². The maximum absolute atomic E-state index is 12.3. The summed E-state index contributed by atoms with van der Waals surface area (Å²) < 4.78 is 5.59. The van der Waals surface area contributed by atoms with Gasteiger partial charge >= 0.3 is 0 Å². The van der Waals surface area contributed by atoms with E-state index in [4.69, 9.17) is 4.74 Å². The highest BCUT2D eigenvalue weighted by molar-refractivity contribution is 5.76. The van der Waals surface area contributed by atoms with Gasteiger partial charge in [0.25, 0.3) is 0 Å². The van der Waals surface area contributed by atoms with Crippen LogP contribution in [0.1, 0.15) is 64.7 Å². The number of hydrogen-bond donors (Lipinski definition) is 0. The van der Waals surface area contributed by atoms with Crippen LogP contribution in [0.2, 0.25) is 0 Å². The van der Waals surface area contributed by atoms with Crippen molar-refractivity contribution in [3.05, 3.63) is 0 Å². The lowest BCUT2D eigenvalue weighted by atomic mass is 9.94. The highest BCUT2D eigenvalue weighted by Gasteiger charge is 2.25. The van der Waals surface area contributed by atoms with Crippen molar-refractivity contribution in [3.8, 4) is 0 Å². The first kappa shape index (κ1) is 13.9. The third-order valence-electron chi connectivity index (χ3n) is 4.38. The molecule has 2 aliphatic rings. The minimum Gasteiger partial charge on any atom is -0.378 e. The second kappa shape index (κ2) is 7.13. The van der Waals surface area contributed by atoms with Crippen molar-refractivity contribution in [3.63, 3.8) is 0 Å². The molecule has 3 nitrogen and oxygen atoms in total. The number of rotatable bonds is 5. The molecule has 0 radical (unpaired) electrons. The Balaban J connectivity index is 1.76. The standard InChI is InChI=1S/C15H27NO2/c1-2-16(13-7-4-3-5-8-13)15(17)11-10-14-9-6-12-18-14/h13-14H,2-12H2,1H3/t14-/m1/s1. The Labute approximate surface area is 111 Å². The van der Waals surface area contributed by atoms with Crippen LogP contribution < -0.4 is 0 Å². The molecule has 1 saturated carbocycles. The zero-order chi connectivity index (χ0) is 12.8. The van der Waals surface area contributed by atoms with Gasteiger partial charge in [-0.15, -0.1) is 0 Å². The lowest BCUT2D eigenvalue weighted by Gasteiger charge is -2.34. The van der Waals surface area contributed by atoms with Crippen molar-refractivity contribution < 1.29 is 9.53 Å². The number of nitrogens with zero attached hydrogens (tertiary/aromatic N) is 1. The largest absolute Gasteiger partial charge is 0.378 e. The molecule has 1 aliphatic heterocycles. The second-order valence-corrected chi connectivity index (χ2v) is 5.65. The SMILES string of the molecule is CCN(C(=O)CC[C@H]1CCCO1)C1CCCCC1. The van der Waals surface area contributed by atoms with E-state index in [1.807, 2.05) is 0 Å². The Kier molecular flexibility index (Phi) is 5.48. The molecule has 104 valence electrons. The van der Waals surface area contributed by atoms with E-state index in [0.717, 1.165) is 26.0 Å². The van der Waals surface area contributed by atoms with Crippen LogP contribution in [0.5, 0.6) is 0 Å². The van der Waals surface area contributed by atoms with Crippen LogP contribution in [-0.2, 0) is 9.53 Å². The molecule has 0 aromatic carbocycles. The summed E-state index contributed by atoms with van der Waals surface area (Å²) in [7, 11) is 0. The van der Waals surface area contributed by atoms with Crippen molar-refractivity contribution in [2.45, 2.75) is 76.9 Å². The molecule has 1 heterocycles. The van der Waals surface area contributed by atoms with E-state index in [-0.39, 0.29) is 0 Å². The molecular weight excluding hydrogens is 226 g/mol. The third-order valence-corrected chi connectivity index (χ3v) is 4.38. The van der Waals surface area contributed by atoms with Gasteiger partial charge in [0.2, 0.25) is 5.91 Å². The van der Waals surface area contributed by atoms with Crippen LogP contribution in [0.25, 0.3) is 0 Å². The molecule has 0 spiro atoms. The molecule has 1 aliphatic carbocycles. The second-order valence-electron chi connectivity index (χ2n) is 5.65. The fourth-order valence-corrected chi connectivity index (χ4v) is 3.33. The molecule has 2 rings (SSSR count). The molecule has 1 atom stereocenters. The van der Waals surface area contributed by atoms with E-state index in [1.54, 1.807) is 0 Å². The van der Waals surface area contributed by atoms with Crippen molar-refractivity contribution in [1.82, 2.24) is 4.90 Å². The molecule has 0 unspecified atom stereocenters. The lowest BCUT2D eigenvalue weighted by Crippen LogP contribution is -2.41. The van der Waals surface area contributed by atoms with Crippen LogP contribution in [0.15, 0.2) is 0 Å². The molecule has 3 heteroatoms. The summed E-state index contributed by atoms with van der Waals surface area (Å²) >= 11 is 0. The average Bonchev–Trinajstić information content (AvgIpc) is 2.92. The minimum atomic E-state index is 0.346. The quantitative estimate of drug-likeness (QED) is 0.753. The highest BCUT2D eigenvalue weighted by Crippen LogP contribution is 2.24. The zero-order valence-corrected chi connectivity index (χ0v) is 11.7. The Bertz CT molecular complexity index is 255. The molecule has 1 saturated heterocycles. The van der Waals surface area contributed by atoms with Gasteiger partial charge in [-0.2, -0.15) is 0 Å². The lowest BCUT2D eigenvalue weighted by molar-refractivity contribution is -0.134. The summed E-state index contributed by atoms with van der Waals surface area (Å²) in [6.07, 6.45) is 10.6. The van der Waals surface area contributed by atoms with Gasteiger partial charge in [0.15, 0.2) is 0 Å². The number of hydrogen-bond acceptors (Lipinski definition) is 2. The topological polar surface area (TPSA) is 29.5 Å². The Morgan fingerprint density at radius 2 is 1.94 bits per heavy atom. The van der Waals surface area contributed by atoms with Crippen molar-refractivity contribution in [2.75, 3.05) is 13.2 Å². The Hall–Kier alpha value is -0.570. The van der Waals surface area contributed by atoms with E-state index >= 15 is 0 Å². The fourth-order valence-electron chi connectivity index (χ4n) is 3.33. The van der Waals surface area contributed by atoms with Crippen molar-refractivity contribution in [1.29, 1.82) is 0 Å². The molecule has 0 aromatic heterocycles.